The van der Waals surface area contributed by atoms with Crippen molar-refractivity contribution in [2.75, 3.05) is 19.8 Å². The van der Waals surface area contributed by atoms with Crippen LogP contribution in [0.25, 0.3) is 0 Å². The van der Waals surface area contributed by atoms with Crippen LogP contribution < -0.4 is 19.5 Å². The van der Waals surface area contributed by atoms with Gasteiger partial charge >= 0.3 is 5.97 Å². The third-order valence-electron chi connectivity index (χ3n) is 5.40. The molecule has 2 aromatic rings. The summed E-state index contributed by atoms with van der Waals surface area (Å²) in [7, 11) is 0. The topological polar surface area (TPSA) is 94.1 Å². The van der Waals surface area contributed by atoms with Crippen LogP contribution in [-0.4, -0.2) is 36.8 Å². The van der Waals surface area contributed by atoms with E-state index in [1.807, 2.05) is 36.4 Å². The van der Waals surface area contributed by atoms with Gasteiger partial charge in [0.2, 0.25) is 5.91 Å². The Morgan fingerprint density at radius 3 is 1.97 bits per heavy atom. The highest BCUT2D eigenvalue weighted by atomic mass is 16.5. The molecule has 7 heteroatoms. The maximum absolute atomic E-state index is 12.3. The van der Waals surface area contributed by atoms with E-state index in [0.717, 1.165) is 16.7 Å². The highest BCUT2D eigenvalue weighted by Gasteiger charge is 2.22. The number of aliphatic carboxylic acids is 1. The van der Waals surface area contributed by atoms with Crippen LogP contribution in [0.5, 0.6) is 17.2 Å². The molecule has 0 fully saturated rings. The summed E-state index contributed by atoms with van der Waals surface area (Å²) in [4.78, 5) is 23.6. The second kappa shape index (κ2) is 14.5. The second-order valence-electron chi connectivity index (χ2n) is 10.7. The minimum Gasteiger partial charge on any atom is -0.493 e. The fraction of sp³-hybridized carbons (Fsp3) is 0.533. The summed E-state index contributed by atoms with van der Waals surface area (Å²) < 4.78 is 18.1. The zero-order valence-corrected chi connectivity index (χ0v) is 23.3. The van der Waals surface area contributed by atoms with Gasteiger partial charge in [0.25, 0.3) is 0 Å². The van der Waals surface area contributed by atoms with Gasteiger partial charge in [0.05, 0.1) is 25.9 Å². The first-order valence-corrected chi connectivity index (χ1v) is 13.1. The monoisotopic (exact) mass is 513 g/mol. The molecule has 0 spiro atoms. The standard InChI is InChI=1S/C30H43NO6/c1-19(2)16-35-25-10-11-26(28(15-25)37-18-21(5)6)30(31-22(7)32)24-8-12-27(36-17-20(3)4)23(14-24)9-13-29(33)34/h8,10-12,14-15,19-21,30H,9,13,16-18H2,1-7H3,(H,31,32)(H,33,34). The zero-order chi connectivity index (χ0) is 27.5. The summed E-state index contributed by atoms with van der Waals surface area (Å²) in [6.45, 7) is 15.6. The Morgan fingerprint density at radius 1 is 0.811 bits per heavy atom. The number of nitrogens with one attached hydrogen (secondary N) is 1. The van der Waals surface area contributed by atoms with Crippen molar-refractivity contribution in [2.45, 2.75) is 67.3 Å². The van der Waals surface area contributed by atoms with Gasteiger partial charge in [-0.15, -0.1) is 0 Å². The molecule has 2 rings (SSSR count). The maximum atomic E-state index is 12.3. The molecule has 1 unspecified atom stereocenters. The van der Waals surface area contributed by atoms with Gasteiger partial charge in [0, 0.05) is 25.0 Å². The van der Waals surface area contributed by atoms with Crippen LogP contribution in [-0.2, 0) is 16.0 Å². The minimum absolute atomic E-state index is 0.0169. The molecule has 0 aliphatic rings. The van der Waals surface area contributed by atoms with Gasteiger partial charge in [-0.2, -0.15) is 0 Å². The SMILES string of the molecule is CC(=O)NC(c1ccc(OCC(C)C)c(CCC(=O)O)c1)c1ccc(OCC(C)C)cc1OCC(C)C. The lowest BCUT2D eigenvalue weighted by Gasteiger charge is -2.24. The van der Waals surface area contributed by atoms with Crippen molar-refractivity contribution in [3.63, 3.8) is 0 Å². The van der Waals surface area contributed by atoms with Crippen LogP contribution in [0.15, 0.2) is 36.4 Å². The lowest BCUT2D eigenvalue weighted by Crippen LogP contribution is -2.27. The molecule has 7 nitrogen and oxygen atoms in total. The summed E-state index contributed by atoms with van der Waals surface area (Å²) >= 11 is 0. The molecule has 204 valence electrons. The van der Waals surface area contributed by atoms with Crippen molar-refractivity contribution in [1.82, 2.24) is 5.32 Å². The van der Waals surface area contributed by atoms with E-state index in [0.29, 0.717) is 61.2 Å². The minimum atomic E-state index is -0.875. The quantitative estimate of drug-likeness (QED) is 0.302. The smallest absolute Gasteiger partial charge is 0.303 e. The van der Waals surface area contributed by atoms with Crippen molar-refractivity contribution in [3.05, 3.63) is 53.1 Å². The average Bonchev–Trinajstić information content (AvgIpc) is 2.82. The van der Waals surface area contributed by atoms with Crippen LogP contribution in [0, 0.1) is 17.8 Å². The molecule has 1 amide bonds. The number of amides is 1. The number of hydrogen-bond donors (Lipinski definition) is 2. The number of benzene rings is 2. The molecular weight excluding hydrogens is 470 g/mol. The first-order valence-electron chi connectivity index (χ1n) is 13.1. The zero-order valence-electron chi connectivity index (χ0n) is 23.3. The Labute approximate surface area is 221 Å². The molecule has 0 aliphatic heterocycles. The highest BCUT2D eigenvalue weighted by Crippen LogP contribution is 2.36. The van der Waals surface area contributed by atoms with Crippen LogP contribution in [0.4, 0.5) is 0 Å². The van der Waals surface area contributed by atoms with Gasteiger partial charge in [0.15, 0.2) is 0 Å². The second-order valence-corrected chi connectivity index (χ2v) is 10.7. The lowest BCUT2D eigenvalue weighted by molar-refractivity contribution is -0.137. The van der Waals surface area contributed by atoms with E-state index in [1.54, 1.807) is 0 Å². The molecule has 1 atom stereocenters. The number of carboxylic acids is 1. The van der Waals surface area contributed by atoms with E-state index in [-0.39, 0.29) is 12.3 Å². The summed E-state index contributed by atoms with van der Waals surface area (Å²) in [6.07, 6.45) is 0.305. The number of ether oxygens (including phenoxy) is 3. The van der Waals surface area contributed by atoms with Crippen molar-refractivity contribution >= 4 is 11.9 Å². The number of hydrogen-bond acceptors (Lipinski definition) is 5. The molecular formula is C30H43NO6. The van der Waals surface area contributed by atoms with Crippen LogP contribution in [0.2, 0.25) is 0 Å². The first-order chi connectivity index (χ1) is 17.5. The highest BCUT2D eigenvalue weighted by molar-refractivity contribution is 5.74. The van der Waals surface area contributed by atoms with Gasteiger partial charge in [-0.25, -0.2) is 0 Å². The molecule has 0 saturated carbocycles. The first kappa shape index (κ1) is 30.0. The number of aryl methyl sites for hydroxylation is 1. The Morgan fingerprint density at radius 2 is 1.41 bits per heavy atom. The predicted octanol–water partition coefficient (Wildman–Crippen LogP) is 6.03. The van der Waals surface area contributed by atoms with E-state index in [1.165, 1.54) is 6.92 Å². The molecule has 0 bridgehead atoms. The van der Waals surface area contributed by atoms with Crippen molar-refractivity contribution < 1.29 is 28.9 Å². The number of carbonyl (C=O) groups excluding carboxylic acids is 1. The molecule has 37 heavy (non-hydrogen) atoms. The van der Waals surface area contributed by atoms with Crippen molar-refractivity contribution in [2.24, 2.45) is 17.8 Å². The predicted molar refractivity (Wildman–Crippen MR) is 145 cm³/mol. The molecule has 0 aliphatic carbocycles. The fourth-order valence-electron chi connectivity index (χ4n) is 3.64. The number of carbonyl (C=O) groups is 2. The van der Waals surface area contributed by atoms with Gasteiger partial charge in [-0.3, -0.25) is 9.59 Å². The maximum Gasteiger partial charge on any atom is 0.303 e. The van der Waals surface area contributed by atoms with E-state index >= 15 is 0 Å². The number of carboxylic acid groups (broad SMARTS) is 1. The third kappa shape index (κ3) is 10.3. The molecule has 2 N–H and O–H groups in total. The fourth-order valence-corrected chi connectivity index (χ4v) is 3.64. The van der Waals surface area contributed by atoms with Gasteiger partial charge in [0.1, 0.15) is 17.2 Å². The molecule has 0 saturated heterocycles. The van der Waals surface area contributed by atoms with E-state index in [9.17, 15) is 14.7 Å². The Hall–Kier alpha value is -3.22. The molecule has 0 aromatic heterocycles. The lowest BCUT2D eigenvalue weighted by atomic mass is 9.94. The normalized spacial score (nSPS) is 12.1. The van der Waals surface area contributed by atoms with E-state index in [4.69, 9.17) is 14.2 Å². The molecule has 0 radical (unpaired) electrons. The third-order valence-corrected chi connectivity index (χ3v) is 5.40. The number of rotatable bonds is 15. The van der Waals surface area contributed by atoms with E-state index < -0.39 is 12.0 Å². The van der Waals surface area contributed by atoms with Gasteiger partial charge in [-0.05, 0) is 59.6 Å². The van der Waals surface area contributed by atoms with Crippen LogP contribution in [0.1, 0.15) is 77.6 Å². The Bertz CT molecular complexity index is 1030. The van der Waals surface area contributed by atoms with Gasteiger partial charge in [-0.1, -0.05) is 47.6 Å². The van der Waals surface area contributed by atoms with Crippen molar-refractivity contribution in [1.29, 1.82) is 0 Å². The summed E-state index contributed by atoms with van der Waals surface area (Å²) in [6, 6.07) is 10.9. The van der Waals surface area contributed by atoms with Crippen LogP contribution >= 0.6 is 0 Å². The Balaban J connectivity index is 2.54. The summed E-state index contributed by atoms with van der Waals surface area (Å²) in [5.41, 5.74) is 2.41. The van der Waals surface area contributed by atoms with Crippen LogP contribution in [0.3, 0.4) is 0 Å². The Kier molecular flexibility index (Phi) is 11.8. The molecule has 2 aromatic carbocycles. The van der Waals surface area contributed by atoms with Crippen molar-refractivity contribution in [3.8, 4) is 17.2 Å². The molecule has 0 heterocycles. The average molecular weight is 514 g/mol. The van der Waals surface area contributed by atoms with Gasteiger partial charge < -0.3 is 24.6 Å². The van der Waals surface area contributed by atoms with E-state index in [2.05, 4.69) is 46.9 Å². The largest absolute Gasteiger partial charge is 0.493 e. The summed E-state index contributed by atoms with van der Waals surface area (Å²) in [5.74, 6) is 1.97. The summed E-state index contributed by atoms with van der Waals surface area (Å²) in [5, 5.41) is 12.3.